The average Bonchev–Trinajstić information content (AvgIpc) is 2.70. The summed E-state index contributed by atoms with van der Waals surface area (Å²) in [6.45, 7) is 0. The van der Waals surface area contributed by atoms with E-state index in [-0.39, 0.29) is 29.7 Å². The van der Waals surface area contributed by atoms with E-state index in [4.69, 9.17) is 5.73 Å². The number of halogens is 2. The van der Waals surface area contributed by atoms with Crippen LogP contribution in [0.25, 0.3) is 0 Å². The van der Waals surface area contributed by atoms with E-state index in [1.807, 2.05) is 0 Å². The van der Waals surface area contributed by atoms with E-state index < -0.39 is 11.6 Å². The molecule has 1 fully saturated rings. The molecular weight excluding hydrogens is 224 g/mol. The first-order valence-corrected chi connectivity index (χ1v) is 5.80. The number of benzene rings is 1. The third-order valence-corrected chi connectivity index (χ3v) is 3.36. The summed E-state index contributed by atoms with van der Waals surface area (Å²) in [6.07, 6.45) is 2.46. The molecule has 17 heavy (non-hydrogen) atoms. The van der Waals surface area contributed by atoms with E-state index in [0.717, 1.165) is 37.5 Å². The van der Waals surface area contributed by atoms with E-state index in [1.165, 1.54) is 0 Å². The molecule has 1 saturated carbocycles. The highest BCUT2D eigenvalue weighted by Crippen LogP contribution is 2.26. The Morgan fingerprint density at radius 1 is 1.35 bits per heavy atom. The molecule has 4 heteroatoms. The van der Waals surface area contributed by atoms with Crippen LogP contribution in [-0.4, -0.2) is 11.8 Å². The highest BCUT2D eigenvalue weighted by atomic mass is 19.1. The first-order valence-electron chi connectivity index (χ1n) is 5.80. The van der Waals surface area contributed by atoms with Gasteiger partial charge in [-0.2, -0.15) is 0 Å². The topological polar surface area (TPSA) is 43.1 Å². The number of Topliss-reactive ketones (excluding diaryl/α,β-unsaturated/α-hetero) is 1. The Bertz CT molecular complexity index is 433. The van der Waals surface area contributed by atoms with Crippen LogP contribution in [-0.2, 0) is 11.2 Å². The minimum Gasteiger partial charge on any atom is -0.327 e. The Balaban J connectivity index is 2.10. The summed E-state index contributed by atoms with van der Waals surface area (Å²) in [6, 6.07) is 3.05. The summed E-state index contributed by atoms with van der Waals surface area (Å²) < 4.78 is 26.3. The second-order valence-electron chi connectivity index (χ2n) is 4.58. The zero-order valence-corrected chi connectivity index (χ0v) is 9.46. The fourth-order valence-electron chi connectivity index (χ4n) is 2.39. The van der Waals surface area contributed by atoms with Crippen LogP contribution in [0, 0.1) is 17.6 Å². The average molecular weight is 239 g/mol. The van der Waals surface area contributed by atoms with Crippen LogP contribution < -0.4 is 5.73 Å². The van der Waals surface area contributed by atoms with E-state index >= 15 is 0 Å². The zero-order chi connectivity index (χ0) is 12.4. The lowest BCUT2D eigenvalue weighted by atomic mass is 9.94. The van der Waals surface area contributed by atoms with Gasteiger partial charge in [0.05, 0.1) is 0 Å². The molecule has 0 spiro atoms. The quantitative estimate of drug-likeness (QED) is 0.878. The molecule has 0 radical (unpaired) electrons. The summed E-state index contributed by atoms with van der Waals surface area (Å²) in [7, 11) is 0. The molecule has 0 aromatic heterocycles. The molecule has 0 saturated heterocycles. The summed E-state index contributed by atoms with van der Waals surface area (Å²) in [4.78, 5) is 11.9. The maximum Gasteiger partial charge on any atom is 0.141 e. The van der Waals surface area contributed by atoms with Crippen molar-refractivity contribution in [1.82, 2.24) is 0 Å². The van der Waals surface area contributed by atoms with E-state index in [0.29, 0.717) is 0 Å². The number of nitrogens with two attached hydrogens (primary N) is 1. The van der Waals surface area contributed by atoms with Gasteiger partial charge >= 0.3 is 0 Å². The van der Waals surface area contributed by atoms with Gasteiger partial charge in [-0.3, -0.25) is 4.79 Å². The van der Waals surface area contributed by atoms with Crippen molar-refractivity contribution in [1.29, 1.82) is 0 Å². The second-order valence-corrected chi connectivity index (χ2v) is 4.58. The third-order valence-electron chi connectivity index (χ3n) is 3.36. The lowest BCUT2D eigenvalue weighted by Crippen LogP contribution is -2.31. The fourth-order valence-corrected chi connectivity index (χ4v) is 2.39. The Morgan fingerprint density at radius 3 is 2.76 bits per heavy atom. The van der Waals surface area contributed by atoms with Crippen molar-refractivity contribution in [2.24, 2.45) is 11.7 Å². The predicted molar refractivity (Wildman–Crippen MR) is 60.4 cm³/mol. The first-order chi connectivity index (χ1) is 8.08. The molecule has 2 nitrogen and oxygen atoms in total. The van der Waals surface area contributed by atoms with E-state index in [1.54, 1.807) is 0 Å². The van der Waals surface area contributed by atoms with Crippen molar-refractivity contribution in [2.75, 3.05) is 0 Å². The van der Waals surface area contributed by atoms with Crippen molar-refractivity contribution in [3.63, 3.8) is 0 Å². The Hall–Kier alpha value is -1.29. The highest BCUT2D eigenvalue weighted by Gasteiger charge is 2.30. The van der Waals surface area contributed by atoms with Gasteiger partial charge in [0.25, 0.3) is 0 Å². The Morgan fingerprint density at radius 2 is 2.12 bits per heavy atom. The maximum absolute atomic E-state index is 13.4. The number of hydrogen-bond acceptors (Lipinski definition) is 2. The minimum atomic E-state index is -0.536. The van der Waals surface area contributed by atoms with Gasteiger partial charge in [0.2, 0.25) is 0 Å². The highest BCUT2D eigenvalue weighted by molar-refractivity contribution is 5.84. The molecule has 1 aliphatic carbocycles. The zero-order valence-electron chi connectivity index (χ0n) is 9.46. The van der Waals surface area contributed by atoms with Crippen LogP contribution in [0.5, 0.6) is 0 Å². The number of hydrogen-bond donors (Lipinski definition) is 1. The third kappa shape index (κ3) is 2.69. The summed E-state index contributed by atoms with van der Waals surface area (Å²) in [5.41, 5.74) is 5.93. The van der Waals surface area contributed by atoms with Gasteiger partial charge in [-0.05, 0) is 36.6 Å². The normalized spacial score (nSPS) is 23.9. The molecule has 0 heterocycles. The van der Waals surface area contributed by atoms with Gasteiger partial charge in [0.15, 0.2) is 0 Å². The molecule has 1 aromatic carbocycles. The van der Waals surface area contributed by atoms with Gasteiger partial charge in [0.1, 0.15) is 17.4 Å². The molecule has 2 unspecified atom stereocenters. The van der Waals surface area contributed by atoms with Crippen LogP contribution in [0.4, 0.5) is 8.78 Å². The van der Waals surface area contributed by atoms with Crippen molar-refractivity contribution in [3.8, 4) is 0 Å². The number of rotatable bonds is 3. The van der Waals surface area contributed by atoms with Crippen LogP contribution in [0.3, 0.4) is 0 Å². The fraction of sp³-hybridized carbons (Fsp3) is 0.462. The SMILES string of the molecule is NC1CCCC1C(=O)Cc1cc(F)ccc1F. The molecule has 0 bridgehead atoms. The largest absolute Gasteiger partial charge is 0.327 e. The molecule has 0 aliphatic heterocycles. The maximum atomic E-state index is 13.4. The van der Waals surface area contributed by atoms with Crippen LogP contribution in [0.2, 0.25) is 0 Å². The molecule has 1 aromatic rings. The van der Waals surface area contributed by atoms with E-state index in [9.17, 15) is 13.6 Å². The lowest BCUT2D eigenvalue weighted by molar-refractivity contribution is -0.122. The molecule has 2 N–H and O–H groups in total. The molecule has 0 amide bonds. The lowest BCUT2D eigenvalue weighted by Gasteiger charge is -2.14. The van der Waals surface area contributed by atoms with Crippen molar-refractivity contribution >= 4 is 5.78 Å². The van der Waals surface area contributed by atoms with Gasteiger partial charge in [-0.1, -0.05) is 6.42 Å². The van der Waals surface area contributed by atoms with Gasteiger partial charge in [-0.15, -0.1) is 0 Å². The molecule has 92 valence electrons. The van der Waals surface area contributed by atoms with Gasteiger partial charge in [-0.25, -0.2) is 8.78 Å². The monoisotopic (exact) mass is 239 g/mol. The van der Waals surface area contributed by atoms with Crippen molar-refractivity contribution < 1.29 is 13.6 Å². The molecule has 1 aliphatic rings. The molecule has 2 atom stereocenters. The Kier molecular flexibility index (Phi) is 3.52. The summed E-state index contributed by atoms with van der Waals surface area (Å²) in [5, 5.41) is 0. The van der Waals surface area contributed by atoms with Crippen molar-refractivity contribution in [3.05, 3.63) is 35.4 Å². The number of carbonyl (C=O) groups is 1. The van der Waals surface area contributed by atoms with Crippen LogP contribution in [0.15, 0.2) is 18.2 Å². The van der Waals surface area contributed by atoms with Crippen LogP contribution in [0.1, 0.15) is 24.8 Å². The predicted octanol–water partition coefficient (Wildman–Crippen LogP) is 2.20. The van der Waals surface area contributed by atoms with Crippen molar-refractivity contribution in [2.45, 2.75) is 31.7 Å². The summed E-state index contributed by atoms with van der Waals surface area (Å²) in [5.74, 6) is -1.34. The number of ketones is 1. The first kappa shape index (κ1) is 12.2. The summed E-state index contributed by atoms with van der Waals surface area (Å²) >= 11 is 0. The smallest absolute Gasteiger partial charge is 0.141 e. The molecule has 2 rings (SSSR count). The van der Waals surface area contributed by atoms with E-state index in [2.05, 4.69) is 0 Å². The van der Waals surface area contributed by atoms with Crippen LogP contribution >= 0.6 is 0 Å². The van der Waals surface area contributed by atoms with Gasteiger partial charge < -0.3 is 5.73 Å². The Labute approximate surface area is 98.8 Å². The number of carbonyl (C=O) groups excluding carboxylic acids is 1. The standard InChI is InChI=1S/C13H15F2NO/c14-9-4-5-11(15)8(6-9)7-13(17)10-2-1-3-12(10)16/h4-6,10,12H,1-3,7,16H2. The minimum absolute atomic E-state index is 0.0675. The molecular formula is C13H15F2NO. The second kappa shape index (κ2) is 4.92. The van der Waals surface area contributed by atoms with Gasteiger partial charge in [0, 0.05) is 18.4 Å².